The third kappa shape index (κ3) is 4.09. The number of nitrogens with one attached hydrogen (secondary N) is 1. The molecule has 0 bridgehead atoms. The standard InChI is InChI=1S/C22H25ClN2O4S/c1-21(2,3)16-8-6-7-9-18(16)24-19(26)15-12-14(10-11-17(15)23)25-20(27)22(4,5)13-30(25,28)29/h6-12H,13H2,1-5H3,(H,24,26). The quantitative estimate of drug-likeness (QED) is 0.744. The number of rotatable bonds is 3. The maximum absolute atomic E-state index is 13.0. The van der Waals surface area contributed by atoms with Crippen molar-refractivity contribution < 1.29 is 18.0 Å². The molecule has 0 aliphatic carbocycles. The first-order chi connectivity index (χ1) is 13.7. The van der Waals surface area contributed by atoms with Crippen LogP contribution in [0.5, 0.6) is 0 Å². The van der Waals surface area contributed by atoms with Crippen molar-refractivity contribution in [1.82, 2.24) is 0 Å². The summed E-state index contributed by atoms with van der Waals surface area (Å²) in [6, 6.07) is 11.6. The first kappa shape index (κ1) is 22.3. The highest BCUT2D eigenvalue weighted by atomic mass is 35.5. The molecule has 0 unspecified atom stereocenters. The van der Waals surface area contributed by atoms with Crippen LogP contribution in [0.2, 0.25) is 5.02 Å². The Balaban J connectivity index is 2.00. The first-order valence-electron chi connectivity index (χ1n) is 9.52. The van der Waals surface area contributed by atoms with Crippen LogP contribution in [-0.4, -0.2) is 26.0 Å². The third-order valence-corrected chi connectivity index (χ3v) is 7.35. The molecule has 30 heavy (non-hydrogen) atoms. The summed E-state index contributed by atoms with van der Waals surface area (Å²) in [4.78, 5) is 25.7. The number of para-hydroxylation sites is 1. The van der Waals surface area contributed by atoms with Crippen molar-refractivity contribution in [1.29, 1.82) is 0 Å². The maximum atomic E-state index is 13.0. The second kappa shape index (κ2) is 7.39. The van der Waals surface area contributed by atoms with Gasteiger partial charge in [-0.05, 0) is 49.1 Å². The summed E-state index contributed by atoms with van der Waals surface area (Å²) in [5, 5.41) is 3.02. The zero-order valence-electron chi connectivity index (χ0n) is 17.6. The van der Waals surface area contributed by atoms with E-state index in [1.165, 1.54) is 18.2 Å². The van der Waals surface area contributed by atoms with Crippen molar-refractivity contribution in [3.63, 3.8) is 0 Å². The van der Waals surface area contributed by atoms with Gasteiger partial charge in [-0.3, -0.25) is 9.59 Å². The van der Waals surface area contributed by atoms with Crippen LogP contribution in [0.15, 0.2) is 42.5 Å². The van der Waals surface area contributed by atoms with Gasteiger partial charge < -0.3 is 5.32 Å². The molecule has 2 aromatic carbocycles. The van der Waals surface area contributed by atoms with Crippen LogP contribution in [0.3, 0.4) is 0 Å². The zero-order valence-corrected chi connectivity index (χ0v) is 19.2. The summed E-state index contributed by atoms with van der Waals surface area (Å²) in [5.74, 6) is -1.31. The molecule has 0 spiro atoms. The number of halogens is 1. The van der Waals surface area contributed by atoms with Crippen LogP contribution in [0, 0.1) is 5.41 Å². The second-order valence-corrected chi connectivity index (χ2v) is 11.3. The van der Waals surface area contributed by atoms with Gasteiger partial charge in [-0.2, -0.15) is 0 Å². The summed E-state index contributed by atoms with van der Waals surface area (Å²) in [6.45, 7) is 9.28. The van der Waals surface area contributed by atoms with E-state index in [4.69, 9.17) is 11.6 Å². The Morgan fingerprint density at radius 2 is 1.77 bits per heavy atom. The molecule has 8 heteroatoms. The number of nitrogens with zero attached hydrogens (tertiary/aromatic N) is 1. The molecule has 0 aromatic heterocycles. The predicted molar refractivity (Wildman–Crippen MR) is 120 cm³/mol. The first-order valence-corrected chi connectivity index (χ1v) is 11.5. The van der Waals surface area contributed by atoms with Crippen LogP contribution in [0.1, 0.15) is 50.5 Å². The summed E-state index contributed by atoms with van der Waals surface area (Å²) < 4.78 is 25.9. The summed E-state index contributed by atoms with van der Waals surface area (Å²) in [7, 11) is -3.83. The van der Waals surface area contributed by atoms with Crippen LogP contribution >= 0.6 is 11.6 Å². The van der Waals surface area contributed by atoms with Gasteiger partial charge in [-0.1, -0.05) is 50.6 Å². The lowest BCUT2D eigenvalue weighted by Crippen LogP contribution is -2.33. The van der Waals surface area contributed by atoms with Crippen molar-refractivity contribution in [2.24, 2.45) is 5.41 Å². The molecule has 6 nitrogen and oxygen atoms in total. The van der Waals surface area contributed by atoms with E-state index in [1.807, 2.05) is 39.0 Å². The van der Waals surface area contributed by atoms with Crippen molar-refractivity contribution in [3.8, 4) is 0 Å². The lowest BCUT2D eigenvalue weighted by Gasteiger charge is -2.23. The van der Waals surface area contributed by atoms with Gasteiger partial charge in [0.15, 0.2) is 0 Å². The Kier molecular flexibility index (Phi) is 5.50. The zero-order chi connectivity index (χ0) is 22.5. The molecule has 0 atom stereocenters. The van der Waals surface area contributed by atoms with Gasteiger partial charge >= 0.3 is 0 Å². The topological polar surface area (TPSA) is 83.6 Å². The van der Waals surface area contributed by atoms with Crippen molar-refractivity contribution >= 4 is 44.8 Å². The van der Waals surface area contributed by atoms with Gasteiger partial charge in [0.25, 0.3) is 5.91 Å². The minimum absolute atomic E-state index is 0.0885. The average molecular weight is 449 g/mol. The van der Waals surface area contributed by atoms with E-state index in [2.05, 4.69) is 5.32 Å². The monoisotopic (exact) mass is 448 g/mol. The predicted octanol–water partition coefficient (Wildman–Crippen LogP) is 4.59. The maximum Gasteiger partial charge on any atom is 0.257 e. The summed E-state index contributed by atoms with van der Waals surface area (Å²) in [5.41, 5.74) is 0.547. The normalized spacial score (nSPS) is 17.8. The van der Waals surface area contributed by atoms with Gasteiger partial charge in [-0.25, -0.2) is 12.7 Å². The molecule has 1 N–H and O–H groups in total. The Morgan fingerprint density at radius 3 is 2.33 bits per heavy atom. The van der Waals surface area contributed by atoms with E-state index in [9.17, 15) is 18.0 Å². The van der Waals surface area contributed by atoms with E-state index in [1.54, 1.807) is 19.9 Å². The molecule has 1 heterocycles. The molecule has 0 saturated carbocycles. The Labute approximate surface area is 182 Å². The molecular weight excluding hydrogens is 424 g/mol. The fraction of sp³-hybridized carbons (Fsp3) is 0.364. The van der Waals surface area contributed by atoms with Crippen molar-refractivity contribution in [3.05, 3.63) is 58.6 Å². The number of hydrogen-bond acceptors (Lipinski definition) is 4. The molecule has 1 aliphatic heterocycles. The molecule has 1 fully saturated rings. The Hall–Kier alpha value is -2.38. The fourth-order valence-corrected chi connectivity index (χ4v) is 5.81. The summed E-state index contributed by atoms with van der Waals surface area (Å²) in [6.07, 6.45) is 0. The lowest BCUT2D eigenvalue weighted by atomic mass is 9.86. The van der Waals surface area contributed by atoms with Gasteiger partial charge in [0.2, 0.25) is 15.9 Å². The number of carbonyl (C=O) groups is 2. The Bertz CT molecular complexity index is 1130. The molecule has 1 aliphatic rings. The number of sulfonamides is 1. The van der Waals surface area contributed by atoms with Gasteiger partial charge in [-0.15, -0.1) is 0 Å². The molecule has 3 rings (SSSR count). The average Bonchev–Trinajstić information content (AvgIpc) is 2.78. The Morgan fingerprint density at radius 1 is 1.13 bits per heavy atom. The van der Waals surface area contributed by atoms with Crippen LogP contribution in [0.4, 0.5) is 11.4 Å². The van der Waals surface area contributed by atoms with Gasteiger partial charge in [0.1, 0.15) is 0 Å². The highest BCUT2D eigenvalue weighted by Gasteiger charge is 2.50. The van der Waals surface area contributed by atoms with Gasteiger partial charge in [0.05, 0.1) is 27.4 Å². The second-order valence-electron chi connectivity index (χ2n) is 9.12. The highest BCUT2D eigenvalue weighted by molar-refractivity contribution is 7.94. The van der Waals surface area contributed by atoms with E-state index < -0.39 is 27.3 Å². The molecule has 2 amide bonds. The van der Waals surface area contributed by atoms with E-state index in [-0.39, 0.29) is 27.4 Å². The number of hydrogen-bond donors (Lipinski definition) is 1. The number of benzene rings is 2. The summed E-state index contributed by atoms with van der Waals surface area (Å²) >= 11 is 6.24. The molecule has 1 saturated heterocycles. The van der Waals surface area contributed by atoms with Crippen LogP contribution in [-0.2, 0) is 20.2 Å². The van der Waals surface area contributed by atoms with Crippen molar-refractivity contribution in [2.45, 2.75) is 40.0 Å². The molecular formula is C22H25ClN2O4S. The lowest BCUT2D eigenvalue weighted by molar-refractivity contribution is -0.123. The smallest absolute Gasteiger partial charge is 0.257 e. The minimum Gasteiger partial charge on any atom is -0.322 e. The number of amides is 2. The highest BCUT2D eigenvalue weighted by Crippen LogP contribution is 2.37. The molecule has 0 radical (unpaired) electrons. The number of carbonyl (C=O) groups excluding carboxylic acids is 2. The van der Waals surface area contributed by atoms with E-state index >= 15 is 0 Å². The van der Waals surface area contributed by atoms with Crippen LogP contribution < -0.4 is 9.62 Å². The SMILES string of the molecule is CC1(C)CS(=O)(=O)N(c2ccc(Cl)c(C(=O)Nc3ccccc3C(C)(C)C)c2)C1=O. The van der Waals surface area contributed by atoms with Crippen LogP contribution in [0.25, 0.3) is 0 Å². The number of anilines is 2. The molecule has 160 valence electrons. The van der Waals surface area contributed by atoms with E-state index in [0.717, 1.165) is 9.87 Å². The van der Waals surface area contributed by atoms with E-state index in [0.29, 0.717) is 5.69 Å². The largest absolute Gasteiger partial charge is 0.322 e. The van der Waals surface area contributed by atoms with Crippen molar-refractivity contribution in [2.75, 3.05) is 15.4 Å². The van der Waals surface area contributed by atoms with Gasteiger partial charge in [0, 0.05) is 5.69 Å². The fourth-order valence-electron chi connectivity index (χ4n) is 3.51. The minimum atomic E-state index is -3.83. The molecule has 2 aromatic rings. The third-order valence-electron chi connectivity index (χ3n) is 5.00.